The van der Waals surface area contributed by atoms with E-state index in [2.05, 4.69) is 0 Å². The van der Waals surface area contributed by atoms with Crippen molar-refractivity contribution < 1.29 is 19.4 Å². The van der Waals surface area contributed by atoms with Gasteiger partial charge in [-0.15, -0.1) is 11.6 Å². The molecule has 5 nitrogen and oxygen atoms in total. The quantitative estimate of drug-likeness (QED) is 0.603. The van der Waals surface area contributed by atoms with Crippen LogP contribution in [0, 0.1) is 11.8 Å². The Morgan fingerprint density at radius 1 is 1.42 bits per heavy atom. The van der Waals surface area contributed by atoms with Gasteiger partial charge in [0.15, 0.2) is 0 Å². The Hall–Kier alpha value is -0.970. The third-order valence-corrected chi connectivity index (χ3v) is 3.88. The highest BCUT2D eigenvalue weighted by molar-refractivity contribution is 6.17. The zero-order valence-electron chi connectivity index (χ0n) is 11.3. The summed E-state index contributed by atoms with van der Waals surface area (Å²) in [5, 5.41) is 8.91. The molecular weight excluding hydrogens is 270 g/mol. The molecule has 0 aliphatic carbocycles. The lowest BCUT2D eigenvalue weighted by Crippen LogP contribution is -2.41. The van der Waals surface area contributed by atoms with E-state index in [1.54, 1.807) is 6.92 Å². The third-order valence-electron chi connectivity index (χ3n) is 3.62. The Kier molecular flexibility index (Phi) is 6.99. The van der Waals surface area contributed by atoms with Gasteiger partial charge in [-0.2, -0.15) is 0 Å². The van der Waals surface area contributed by atoms with Crippen LogP contribution in [0.15, 0.2) is 0 Å². The van der Waals surface area contributed by atoms with Crippen molar-refractivity contribution in [3.05, 3.63) is 0 Å². The zero-order valence-corrected chi connectivity index (χ0v) is 12.1. The average molecular weight is 292 g/mol. The number of amides is 1. The summed E-state index contributed by atoms with van der Waals surface area (Å²) in [6.45, 7) is 3.17. The molecule has 0 aromatic carbocycles. The highest BCUT2D eigenvalue weighted by Crippen LogP contribution is 2.29. The van der Waals surface area contributed by atoms with Gasteiger partial charge in [0, 0.05) is 19.0 Å². The number of alkyl halides is 1. The van der Waals surface area contributed by atoms with E-state index in [4.69, 9.17) is 21.4 Å². The topological polar surface area (TPSA) is 66.8 Å². The van der Waals surface area contributed by atoms with Crippen molar-refractivity contribution in [3.63, 3.8) is 0 Å². The fourth-order valence-electron chi connectivity index (χ4n) is 2.59. The van der Waals surface area contributed by atoms with Gasteiger partial charge in [-0.3, -0.25) is 4.79 Å². The van der Waals surface area contributed by atoms with E-state index in [1.165, 1.54) is 4.90 Å². The number of hydrogen-bond acceptors (Lipinski definition) is 3. The number of piperidine rings is 1. The predicted molar refractivity (Wildman–Crippen MR) is 72.4 cm³/mol. The fourth-order valence-corrected chi connectivity index (χ4v) is 2.74. The van der Waals surface area contributed by atoms with Gasteiger partial charge >= 0.3 is 12.1 Å². The molecule has 0 spiro atoms. The van der Waals surface area contributed by atoms with Gasteiger partial charge in [0.1, 0.15) is 0 Å². The van der Waals surface area contributed by atoms with Crippen molar-refractivity contribution in [1.29, 1.82) is 0 Å². The molecule has 1 rings (SSSR count). The largest absolute Gasteiger partial charge is 0.466 e. The number of rotatable bonds is 6. The molecule has 1 amide bonds. The second-order valence-corrected chi connectivity index (χ2v) is 5.17. The lowest BCUT2D eigenvalue weighted by atomic mass is 9.82. The first-order valence-corrected chi connectivity index (χ1v) is 7.34. The number of carbonyl (C=O) groups excluding carboxylic acids is 1. The van der Waals surface area contributed by atoms with E-state index in [9.17, 15) is 9.59 Å². The highest BCUT2D eigenvalue weighted by Gasteiger charge is 2.32. The van der Waals surface area contributed by atoms with Gasteiger partial charge in [-0.25, -0.2) is 4.79 Å². The van der Waals surface area contributed by atoms with Crippen molar-refractivity contribution in [2.24, 2.45) is 11.8 Å². The molecule has 0 aromatic rings. The Morgan fingerprint density at radius 3 is 2.53 bits per heavy atom. The molecule has 19 heavy (non-hydrogen) atoms. The summed E-state index contributed by atoms with van der Waals surface area (Å²) in [5.74, 6) is 0.429. The van der Waals surface area contributed by atoms with Crippen LogP contribution in [0.4, 0.5) is 4.79 Å². The second kappa shape index (κ2) is 8.25. The van der Waals surface area contributed by atoms with Crippen molar-refractivity contribution in [2.45, 2.75) is 32.6 Å². The molecule has 110 valence electrons. The van der Waals surface area contributed by atoms with Gasteiger partial charge in [0.05, 0.1) is 12.5 Å². The van der Waals surface area contributed by atoms with Gasteiger partial charge in [-0.1, -0.05) is 0 Å². The molecule has 0 aromatic heterocycles. The normalized spacial score (nSPS) is 18.1. The van der Waals surface area contributed by atoms with Crippen LogP contribution in [0.1, 0.15) is 32.6 Å². The SMILES string of the molecule is CCOC(=O)C(CCCCl)C1CCN(C(=O)O)CC1. The van der Waals surface area contributed by atoms with E-state index in [1.807, 2.05) is 0 Å². The summed E-state index contributed by atoms with van der Waals surface area (Å²) in [4.78, 5) is 24.2. The van der Waals surface area contributed by atoms with E-state index in [0.29, 0.717) is 25.6 Å². The first kappa shape index (κ1) is 16.1. The molecular formula is C13H22ClNO4. The lowest BCUT2D eigenvalue weighted by molar-refractivity contribution is -0.151. The maximum atomic E-state index is 12.0. The Labute approximate surface area is 118 Å². The van der Waals surface area contributed by atoms with Crippen LogP contribution in [-0.2, 0) is 9.53 Å². The molecule has 1 heterocycles. The first-order valence-electron chi connectivity index (χ1n) is 6.80. The third kappa shape index (κ3) is 4.90. The summed E-state index contributed by atoms with van der Waals surface area (Å²) in [6.07, 6.45) is 2.06. The molecule has 1 atom stereocenters. The molecule has 1 aliphatic heterocycles. The van der Waals surface area contributed by atoms with Crippen LogP contribution in [-0.4, -0.2) is 47.6 Å². The van der Waals surface area contributed by atoms with Crippen molar-refractivity contribution in [1.82, 2.24) is 4.90 Å². The smallest absolute Gasteiger partial charge is 0.407 e. The lowest BCUT2D eigenvalue weighted by Gasteiger charge is -2.33. The van der Waals surface area contributed by atoms with E-state index < -0.39 is 6.09 Å². The van der Waals surface area contributed by atoms with Gasteiger partial charge in [0.2, 0.25) is 0 Å². The Bertz CT molecular complexity index is 303. The van der Waals surface area contributed by atoms with Crippen LogP contribution in [0.2, 0.25) is 0 Å². The Morgan fingerprint density at radius 2 is 2.05 bits per heavy atom. The Balaban J connectivity index is 2.56. The molecule has 1 unspecified atom stereocenters. The molecule has 1 N–H and O–H groups in total. The molecule has 0 saturated carbocycles. The first-order chi connectivity index (χ1) is 9.10. The van der Waals surface area contributed by atoms with Crippen LogP contribution >= 0.6 is 11.6 Å². The number of likely N-dealkylation sites (tertiary alicyclic amines) is 1. The maximum absolute atomic E-state index is 12.0. The van der Waals surface area contributed by atoms with E-state index in [0.717, 1.165) is 25.7 Å². The zero-order chi connectivity index (χ0) is 14.3. The van der Waals surface area contributed by atoms with Crippen LogP contribution in [0.25, 0.3) is 0 Å². The van der Waals surface area contributed by atoms with Gasteiger partial charge in [0.25, 0.3) is 0 Å². The van der Waals surface area contributed by atoms with Crippen LogP contribution in [0.5, 0.6) is 0 Å². The summed E-state index contributed by atoms with van der Waals surface area (Å²) in [7, 11) is 0. The summed E-state index contributed by atoms with van der Waals surface area (Å²) in [6, 6.07) is 0. The standard InChI is InChI=1S/C13H22ClNO4/c1-2-19-12(16)11(4-3-7-14)10-5-8-15(9-6-10)13(17)18/h10-11H,2-9H2,1H3,(H,17,18). The van der Waals surface area contributed by atoms with Gasteiger partial charge < -0.3 is 14.7 Å². The number of carboxylic acid groups (broad SMARTS) is 1. The molecule has 1 saturated heterocycles. The average Bonchev–Trinajstić information content (AvgIpc) is 2.40. The summed E-state index contributed by atoms with van der Waals surface area (Å²) >= 11 is 5.69. The predicted octanol–water partition coefficient (Wildman–Crippen LogP) is 2.57. The number of carbonyl (C=O) groups is 2. The monoisotopic (exact) mass is 291 g/mol. The highest BCUT2D eigenvalue weighted by atomic mass is 35.5. The minimum Gasteiger partial charge on any atom is -0.466 e. The molecule has 0 radical (unpaired) electrons. The molecule has 1 fully saturated rings. The van der Waals surface area contributed by atoms with Crippen molar-refractivity contribution in [2.75, 3.05) is 25.6 Å². The summed E-state index contributed by atoms with van der Waals surface area (Å²) in [5.41, 5.74) is 0. The minimum atomic E-state index is -0.883. The number of nitrogens with zero attached hydrogens (tertiary/aromatic N) is 1. The van der Waals surface area contributed by atoms with Crippen molar-refractivity contribution in [3.8, 4) is 0 Å². The van der Waals surface area contributed by atoms with Crippen LogP contribution in [0.3, 0.4) is 0 Å². The molecule has 6 heteroatoms. The maximum Gasteiger partial charge on any atom is 0.407 e. The number of esters is 1. The van der Waals surface area contributed by atoms with Crippen LogP contribution < -0.4 is 0 Å². The summed E-state index contributed by atoms with van der Waals surface area (Å²) < 4.78 is 5.12. The molecule has 0 bridgehead atoms. The van der Waals surface area contributed by atoms with E-state index in [-0.39, 0.29) is 17.8 Å². The minimum absolute atomic E-state index is 0.144. The van der Waals surface area contributed by atoms with E-state index >= 15 is 0 Å². The number of hydrogen-bond donors (Lipinski definition) is 1. The van der Waals surface area contributed by atoms with Gasteiger partial charge in [-0.05, 0) is 38.5 Å². The second-order valence-electron chi connectivity index (χ2n) is 4.80. The van der Waals surface area contributed by atoms with Crippen molar-refractivity contribution >= 4 is 23.7 Å². The number of halogens is 1. The molecule has 1 aliphatic rings. The fraction of sp³-hybridized carbons (Fsp3) is 0.846. The number of ether oxygens (including phenoxy) is 1.